The van der Waals surface area contributed by atoms with Gasteiger partial charge in [-0.05, 0) is 36.6 Å². The van der Waals surface area contributed by atoms with Crippen LogP contribution in [0, 0.1) is 5.92 Å². The van der Waals surface area contributed by atoms with E-state index in [-0.39, 0.29) is 0 Å². The predicted molar refractivity (Wildman–Crippen MR) is 58.0 cm³/mol. The predicted octanol–water partition coefficient (Wildman–Crippen LogP) is 3.03. The highest BCUT2D eigenvalue weighted by atomic mass is 32.1. The van der Waals surface area contributed by atoms with Crippen molar-refractivity contribution in [3.8, 4) is 0 Å². The molecule has 0 saturated heterocycles. The lowest BCUT2D eigenvalue weighted by Gasteiger charge is -2.10. The molecule has 1 saturated carbocycles. The summed E-state index contributed by atoms with van der Waals surface area (Å²) in [6.07, 6.45) is 4.14. The minimum absolute atomic E-state index is 0.775. The summed E-state index contributed by atoms with van der Waals surface area (Å²) in [5.74, 6) is 0.931. The van der Waals surface area contributed by atoms with Crippen LogP contribution in [0.3, 0.4) is 0 Å². The van der Waals surface area contributed by atoms with Crippen LogP contribution < -0.4 is 5.32 Å². The highest BCUT2D eigenvalue weighted by Gasteiger charge is 2.20. The minimum atomic E-state index is 0.775. The number of rotatable bonds is 3. The van der Waals surface area contributed by atoms with Gasteiger partial charge in [0.15, 0.2) is 0 Å². The molecule has 0 aliphatic heterocycles. The Balaban J connectivity index is 1.74. The molecule has 1 nitrogen and oxygen atoms in total. The molecule has 1 N–H and O–H groups in total. The minimum Gasteiger partial charge on any atom is -0.309 e. The van der Waals surface area contributed by atoms with Crippen molar-refractivity contribution in [3.63, 3.8) is 0 Å². The molecule has 1 aromatic heterocycles. The maximum Gasteiger partial charge on any atom is 0.0302 e. The fourth-order valence-corrected chi connectivity index (χ4v) is 2.71. The van der Waals surface area contributed by atoms with Crippen molar-refractivity contribution >= 4 is 11.3 Å². The number of hydrogen-bond donors (Lipinski definition) is 1. The van der Waals surface area contributed by atoms with Gasteiger partial charge in [0.1, 0.15) is 0 Å². The van der Waals surface area contributed by atoms with Gasteiger partial charge in [-0.1, -0.05) is 13.0 Å². The van der Waals surface area contributed by atoms with Crippen molar-refractivity contribution in [3.05, 3.63) is 22.4 Å². The summed E-state index contributed by atoms with van der Waals surface area (Å²) in [5.41, 5.74) is 0. The summed E-state index contributed by atoms with van der Waals surface area (Å²) in [7, 11) is 0. The van der Waals surface area contributed by atoms with Gasteiger partial charge in [0.2, 0.25) is 0 Å². The SMILES string of the molecule is C[C@@H]1CC[C@H](NCc2cccs2)C1. The maximum atomic E-state index is 3.62. The summed E-state index contributed by atoms with van der Waals surface area (Å²) < 4.78 is 0. The number of thiophene rings is 1. The molecule has 1 aromatic rings. The lowest BCUT2D eigenvalue weighted by Crippen LogP contribution is -2.25. The van der Waals surface area contributed by atoms with Gasteiger partial charge in [-0.25, -0.2) is 0 Å². The average Bonchev–Trinajstić information content (AvgIpc) is 2.71. The van der Waals surface area contributed by atoms with Crippen LogP contribution in [0.1, 0.15) is 31.1 Å². The van der Waals surface area contributed by atoms with Crippen LogP contribution in [0.5, 0.6) is 0 Å². The molecule has 72 valence electrons. The first-order valence-corrected chi connectivity index (χ1v) is 5.98. The van der Waals surface area contributed by atoms with Crippen molar-refractivity contribution in [1.82, 2.24) is 5.32 Å². The number of nitrogens with one attached hydrogen (secondary N) is 1. The topological polar surface area (TPSA) is 12.0 Å². The average molecular weight is 195 g/mol. The second-order valence-electron chi connectivity index (χ2n) is 4.08. The van der Waals surface area contributed by atoms with Crippen LogP contribution in [-0.2, 0) is 6.54 Å². The van der Waals surface area contributed by atoms with Gasteiger partial charge >= 0.3 is 0 Å². The van der Waals surface area contributed by atoms with E-state index in [1.807, 2.05) is 11.3 Å². The van der Waals surface area contributed by atoms with Gasteiger partial charge in [0, 0.05) is 17.5 Å². The van der Waals surface area contributed by atoms with Gasteiger partial charge in [0.25, 0.3) is 0 Å². The standard InChI is InChI=1S/C11H17NS/c1-9-4-5-10(7-9)12-8-11-3-2-6-13-11/h2-3,6,9-10,12H,4-5,7-8H2,1H3/t9-,10+/m1/s1. The van der Waals surface area contributed by atoms with Crippen LogP contribution in [0.15, 0.2) is 17.5 Å². The van der Waals surface area contributed by atoms with Crippen LogP contribution in [0.25, 0.3) is 0 Å². The zero-order valence-corrected chi connectivity index (χ0v) is 8.94. The summed E-state index contributed by atoms with van der Waals surface area (Å²) >= 11 is 1.84. The molecule has 13 heavy (non-hydrogen) atoms. The molecule has 2 heteroatoms. The van der Waals surface area contributed by atoms with Crippen LogP contribution in [-0.4, -0.2) is 6.04 Å². The Bertz CT molecular complexity index is 243. The fourth-order valence-electron chi connectivity index (χ4n) is 2.05. The van der Waals surface area contributed by atoms with E-state index in [4.69, 9.17) is 0 Å². The molecule has 1 fully saturated rings. The highest BCUT2D eigenvalue weighted by molar-refractivity contribution is 7.09. The van der Waals surface area contributed by atoms with Crippen LogP contribution in [0.4, 0.5) is 0 Å². The number of hydrogen-bond acceptors (Lipinski definition) is 2. The second kappa shape index (κ2) is 4.25. The van der Waals surface area contributed by atoms with E-state index in [9.17, 15) is 0 Å². The normalized spacial score (nSPS) is 28.1. The van der Waals surface area contributed by atoms with E-state index >= 15 is 0 Å². The van der Waals surface area contributed by atoms with E-state index in [2.05, 4.69) is 29.8 Å². The van der Waals surface area contributed by atoms with Crippen molar-refractivity contribution in [2.24, 2.45) is 5.92 Å². The monoisotopic (exact) mass is 195 g/mol. The van der Waals surface area contributed by atoms with Gasteiger partial charge in [0.05, 0.1) is 0 Å². The van der Waals surface area contributed by atoms with E-state index in [1.165, 1.54) is 24.1 Å². The molecule has 0 unspecified atom stereocenters. The molecule has 2 atom stereocenters. The Morgan fingerprint density at radius 2 is 2.46 bits per heavy atom. The van der Waals surface area contributed by atoms with Gasteiger partial charge in [-0.15, -0.1) is 11.3 Å². The third-order valence-corrected chi connectivity index (χ3v) is 3.72. The molecule has 0 aromatic carbocycles. The molecule has 0 bridgehead atoms. The van der Waals surface area contributed by atoms with Crippen LogP contribution >= 0.6 is 11.3 Å². The molecule has 0 spiro atoms. The zero-order chi connectivity index (χ0) is 9.10. The Kier molecular flexibility index (Phi) is 3.01. The third kappa shape index (κ3) is 2.55. The van der Waals surface area contributed by atoms with Crippen molar-refractivity contribution in [2.45, 2.75) is 38.8 Å². The molecular weight excluding hydrogens is 178 g/mol. The lowest BCUT2D eigenvalue weighted by molar-refractivity contribution is 0.504. The Morgan fingerprint density at radius 1 is 1.54 bits per heavy atom. The van der Waals surface area contributed by atoms with E-state index in [0.29, 0.717) is 0 Å². The van der Waals surface area contributed by atoms with Crippen LogP contribution in [0.2, 0.25) is 0 Å². The highest BCUT2D eigenvalue weighted by Crippen LogP contribution is 2.24. The van der Waals surface area contributed by atoms with Crippen molar-refractivity contribution in [1.29, 1.82) is 0 Å². The third-order valence-electron chi connectivity index (χ3n) is 2.84. The quantitative estimate of drug-likeness (QED) is 0.781. The van der Waals surface area contributed by atoms with Gasteiger partial charge in [-0.2, -0.15) is 0 Å². The Hall–Kier alpha value is -0.340. The smallest absolute Gasteiger partial charge is 0.0302 e. The molecule has 0 radical (unpaired) electrons. The van der Waals surface area contributed by atoms with Crippen molar-refractivity contribution < 1.29 is 0 Å². The first-order chi connectivity index (χ1) is 6.34. The first-order valence-electron chi connectivity index (χ1n) is 5.10. The summed E-state index contributed by atoms with van der Waals surface area (Å²) in [4.78, 5) is 1.46. The molecule has 0 amide bonds. The van der Waals surface area contributed by atoms with Crippen molar-refractivity contribution in [2.75, 3.05) is 0 Å². The fraction of sp³-hybridized carbons (Fsp3) is 0.636. The molecular formula is C11H17NS. The van der Waals surface area contributed by atoms with Gasteiger partial charge < -0.3 is 5.32 Å². The molecule has 1 aliphatic rings. The first kappa shape index (κ1) is 9.22. The van der Waals surface area contributed by atoms with Gasteiger partial charge in [-0.3, -0.25) is 0 Å². The summed E-state index contributed by atoms with van der Waals surface area (Å²) in [6.45, 7) is 3.42. The maximum absolute atomic E-state index is 3.62. The zero-order valence-electron chi connectivity index (χ0n) is 8.12. The van der Waals surface area contributed by atoms with E-state index in [0.717, 1.165) is 18.5 Å². The molecule has 2 rings (SSSR count). The second-order valence-corrected chi connectivity index (χ2v) is 5.11. The summed E-state index contributed by atoms with van der Waals surface area (Å²) in [6, 6.07) is 5.10. The van der Waals surface area contributed by atoms with E-state index in [1.54, 1.807) is 0 Å². The van der Waals surface area contributed by atoms with E-state index < -0.39 is 0 Å². The molecule has 1 heterocycles. The Labute approximate surface area is 84.2 Å². The Morgan fingerprint density at radius 3 is 3.08 bits per heavy atom. The lowest BCUT2D eigenvalue weighted by atomic mass is 10.1. The largest absolute Gasteiger partial charge is 0.309 e. The molecule has 1 aliphatic carbocycles. The summed E-state index contributed by atoms with van der Waals surface area (Å²) in [5, 5.41) is 5.77.